The summed E-state index contributed by atoms with van der Waals surface area (Å²) in [4.78, 5) is 25.7. The van der Waals surface area contributed by atoms with E-state index in [2.05, 4.69) is 10.9 Å². The van der Waals surface area contributed by atoms with Crippen LogP contribution >= 0.6 is 0 Å². The predicted octanol–water partition coefficient (Wildman–Crippen LogP) is 1.97. The van der Waals surface area contributed by atoms with Crippen LogP contribution in [0.5, 0.6) is 0 Å². The predicted molar refractivity (Wildman–Crippen MR) is 82.1 cm³/mol. The van der Waals surface area contributed by atoms with E-state index in [4.69, 9.17) is 0 Å². The number of anilines is 1. The van der Waals surface area contributed by atoms with Gasteiger partial charge in [-0.05, 0) is 30.3 Å². The first-order valence-electron chi connectivity index (χ1n) is 6.61. The van der Waals surface area contributed by atoms with Gasteiger partial charge in [0.15, 0.2) is 0 Å². The topological polar surface area (TPSA) is 61.4 Å². The lowest BCUT2D eigenvalue weighted by Gasteiger charge is -2.13. The van der Waals surface area contributed by atoms with Crippen LogP contribution in [0.15, 0.2) is 48.5 Å². The zero-order chi connectivity index (χ0) is 16.1. The summed E-state index contributed by atoms with van der Waals surface area (Å²) in [7, 11) is 3.72. The highest BCUT2D eigenvalue weighted by Gasteiger charge is 2.12. The van der Waals surface area contributed by atoms with Crippen LogP contribution in [0.3, 0.4) is 0 Å². The fourth-order valence-electron chi connectivity index (χ4n) is 1.82. The number of nitrogens with one attached hydrogen (secondary N) is 2. The molecule has 6 heteroatoms. The summed E-state index contributed by atoms with van der Waals surface area (Å²) in [5.41, 5.74) is 5.57. The third-order valence-corrected chi connectivity index (χ3v) is 3.03. The van der Waals surface area contributed by atoms with Gasteiger partial charge in [0.2, 0.25) is 0 Å². The molecule has 0 heterocycles. The number of carbonyl (C=O) groups excluding carboxylic acids is 2. The number of hydrazine groups is 1. The molecule has 2 rings (SSSR count). The van der Waals surface area contributed by atoms with Crippen molar-refractivity contribution in [1.82, 2.24) is 10.9 Å². The second-order valence-electron chi connectivity index (χ2n) is 4.83. The molecule has 0 saturated heterocycles. The molecule has 114 valence electrons. The molecule has 0 aliphatic heterocycles. The molecule has 0 aromatic heterocycles. The molecule has 2 amide bonds. The van der Waals surface area contributed by atoms with Crippen molar-refractivity contribution in [2.45, 2.75) is 0 Å². The number of amides is 2. The van der Waals surface area contributed by atoms with Gasteiger partial charge in [0, 0.05) is 25.3 Å². The van der Waals surface area contributed by atoms with Crippen LogP contribution < -0.4 is 15.8 Å². The van der Waals surface area contributed by atoms with Gasteiger partial charge in [-0.3, -0.25) is 20.4 Å². The number of rotatable bonds is 3. The Morgan fingerprint density at radius 2 is 1.64 bits per heavy atom. The van der Waals surface area contributed by atoms with Crippen molar-refractivity contribution in [2.24, 2.45) is 0 Å². The first-order valence-corrected chi connectivity index (χ1v) is 6.61. The molecule has 0 fully saturated rings. The van der Waals surface area contributed by atoms with Gasteiger partial charge in [-0.25, -0.2) is 4.39 Å². The van der Waals surface area contributed by atoms with Crippen LogP contribution in [0.25, 0.3) is 0 Å². The average Bonchev–Trinajstić information content (AvgIpc) is 2.52. The van der Waals surface area contributed by atoms with Gasteiger partial charge in [-0.15, -0.1) is 0 Å². The number of halogens is 1. The van der Waals surface area contributed by atoms with Crippen molar-refractivity contribution in [3.8, 4) is 0 Å². The van der Waals surface area contributed by atoms with Crippen molar-refractivity contribution in [3.63, 3.8) is 0 Å². The third kappa shape index (κ3) is 3.60. The lowest BCUT2D eigenvalue weighted by molar-refractivity contribution is 0.0844. The molecule has 0 unspecified atom stereocenters. The van der Waals surface area contributed by atoms with Crippen LogP contribution in [0.4, 0.5) is 10.1 Å². The molecule has 0 aliphatic rings. The minimum absolute atomic E-state index is 0.134. The van der Waals surface area contributed by atoms with Crippen LogP contribution in [-0.4, -0.2) is 25.9 Å². The maximum absolute atomic E-state index is 13.5. The molecule has 2 aromatic rings. The summed E-state index contributed by atoms with van der Waals surface area (Å²) in [5.74, 6) is -1.84. The maximum atomic E-state index is 13.5. The molecular weight excluding hydrogens is 285 g/mol. The van der Waals surface area contributed by atoms with E-state index in [1.54, 1.807) is 24.3 Å². The molecule has 5 nitrogen and oxygen atoms in total. The molecule has 22 heavy (non-hydrogen) atoms. The number of hydrogen-bond acceptors (Lipinski definition) is 3. The van der Waals surface area contributed by atoms with Gasteiger partial charge in [-0.1, -0.05) is 18.2 Å². The van der Waals surface area contributed by atoms with Gasteiger partial charge < -0.3 is 4.90 Å². The van der Waals surface area contributed by atoms with Gasteiger partial charge in [0.1, 0.15) is 5.82 Å². The van der Waals surface area contributed by atoms with Crippen LogP contribution in [-0.2, 0) is 0 Å². The van der Waals surface area contributed by atoms with Crippen LogP contribution in [0.1, 0.15) is 20.7 Å². The molecule has 0 atom stereocenters. The maximum Gasteiger partial charge on any atom is 0.272 e. The highest BCUT2D eigenvalue weighted by molar-refractivity contribution is 5.99. The van der Waals surface area contributed by atoms with Crippen LogP contribution in [0.2, 0.25) is 0 Å². The molecular formula is C16H16FN3O2. The third-order valence-electron chi connectivity index (χ3n) is 3.03. The number of nitrogens with zero attached hydrogens (tertiary/aromatic N) is 1. The Bertz CT molecular complexity index is 701. The highest BCUT2D eigenvalue weighted by atomic mass is 19.1. The summed E-state index contributed by atoms with van der Waals surface area (Å²) in [6, 6.07) is 12.4. The Balaban J connectivity index is 2.03. The lowest BCUT2D eigenvalue weighted by atomic mass is 10.2. The van der Waals surface area contributed by atoms with E-state index in [1.807, 2.05) is 25.1 Å². The van der Waals surface area contributed by atoms with E-state index in [0.29, 0.717) is 5.56 Å². The minimum atomic E-state index is -0.713. The van der Waals surface area contributed by atoms with E-state index in [1.165, 1.54) is 18.2 Å². The number of carbonyl (C=O) groups is 2. The van der Waals surface area contributed by atoms with Crippen molar-refractivity contribution in [3.05, 3.63) is 65.5 Å². The quantitative estimate of drug-likeness (QED) is 0.852. The zero-order valence-corrected chi connectivity index (χ0v) is 12.3. The Kier molecular flexibility index (Phi) is 4.73. The second-order valence-corrected chi connectivity index (χ2v) is 4.83. The Labute approximate surface area is 127 Å². The van der Waals surface area contributed by atoms with E-state index < -0.39 is 17.6 Å². The molecule has 2 aromatic carbocycles. The zero-order valence-electron chi connectivity index (χ0n) is 12.3. The SMILES string of the molecule is CN(C)c1cccc(C(=O)NNC(=O)c2ccccc2F)c1. The summed E-state index contributed by atoms with van der Waals surface area (Å²) in [6.07, 6.45) is 0. The van der Waals surface area contributed by atoms with Gasteiger partial charge in [-0.2, -0.15) is 0 Å². The van der Waals surface area contributed by atoms with Crippen molar-refractivity contribution >= 4 is 17.5 Å². The van der Waals surface area contributed by atoms with E-state index in [0.717, 1.165) is 5.69 Å². The normalized spacial score (nSPS) is 9.95. The molecule has 0 bridgehead atoms. The van der Waals surface area contributed by atoms with Crippen molar-refractivity contribution < 1.29 is 14.0 Å². The monoisotopic (exact) mass is 301 g/mol. The highest BCUT2D eigenvalue weighted by Crippen LogP contribution is 2.13. The van der Waals surface area contributed by atoms with Crippen molar-refractivity contribution in [2.75, 3.05) is 19.0 Å². The molecule has 2 N–H and O–H groups in total. The van der Waals surface area contributed by atoms with Gasteiger partial charge >= 0.3 is 0 Å². The second kappa shape index (κ2) is 6.71. The Morgan fingerprint density at radius 3 is 2.32 bits per heavy atom. The molecule has 0 aliphatic carbocycles. The number of benzene rings is 2. The Hall–Kier alpha value is -2.89. The van der Waals surface area contributed by atoms with Gasteiger partial charge in [0.25, 0.3) is 11.8 Å². The largest absolute Gasteiger partial charge is 0.378 e. The fourth-order valence-corrected chi connectivity index (χ4v) is 1.82. The first-order chi connectivity index (χ1) is 10.5. The standard InChI is InChI=1S/C16H16FN3O2/c1-20(2)12-7-5-6-11(10-12)15(21)18-19-16(22)13-8-3-4-9-14(13)17/h3-10H,1-2H3,(H,18,21)(H,19,22). The Morgan fingerprint density at radius 1 is 0.955 bits per heavy atom. The van der Waals surface area contributed by atoms with Crippen LogP contribution in [0, 0.1) is 5.82 Å². The molecule has 0 saturated carbocycles. The minimum Gasteiger partial charge on any atom is -0.378 e. The summed E-state index contributed by atoms with van der Waals surface area (Å²) < 4.78 is 13.5. The smallest absolute Gasteiger partial charge is 0.272 e. The average molecular weight is 301 g/mol. The van der Waals surface area contributed by atoms with E-state index in [9.17, 15) is 14.0 Å². The van der Waals surface area contributed by atoms with E-state index in [-0.39, 0.29) is 5.56 Å². The molecule has 0 radical (unpaired) electrons. The summed E-state index contributed by atoms with van der Waals surface area (Å²) in [5, 5.41) is 0. The fraction of sp³-hybridized carbons (Fsp3) is 0.125. The number of hydrogen-bond donors (Lipinski definition) is 2. The van der Waals surface area contributed by atoms with E-state index >= 15 is 0 Å². The van der Waals surface area contributed by atoms with Crippen molar-refractivity contribution in [1.29, 1.82) is 0 Å². The lowest BCUT2D eigenvalue weighted by Crippen LogP contribution is -2.42. The first kappa shape index (κ1) is 15.5. The summed E-state index contributed by atoms with van der Waals surface area (Å²) in [6.45, 7) is 0. The molecule has 0 spiro atoms. The van der Waals surface area contributed by atoms with Gasteiger partial charge in [0.05, 0.1) is 5.56 Å². The summed E-state index contributed by atoms with van der Waals surface area (Å²) >= 11 is 0.